The molecule has 2 amide bonds. The van der Waals surface area contributed by atoms with Crippen LogP contribution in [-0.4, -0.2) is 18.4 Å². The SMILES string of the molecule is CCCOc1ccc(C(=O)Nc2sc3c(c2C(N)=O)CCCCC3)cc1. The number of amides is 2. The van der Waals surface area contributed by atoms with Crippen molar-refractivity contribution >= 4 is 28.2 Å². The van der Waals surface area contributed by atoms with Crippen LogP contribution >= 0.6 is 11.3 Å². The van der Waals surface area contributed by atoms with Crippen molar-refractivity contribution in [3.8, 4) is 5.75 Å². The second-order valence-electron chi connectivity index (χ2n) is 6.46. The maximum absolute atomic E-state index is 12.6. The highest BCUT2D eigenvalue weighted by molar-refractivity contribution is 7.17. The van der Waals surface area contributed by atoms with Crippen LogP contribution in [0.4, 0.5) is 5.00 Å². The van der Waals surface area contributed by atoms with Gasteiger partial charge in [-0.25, -0.2) is 0 Å². The number of benzene rings is 1. The van der Waals surface area contributed by atoms with Crippen LogP contribution in [0.1, 0.15) is 63.8 Å². The lowest BCUT2D eigenvalue weighted by Gasteiger charge is -2.08. The first-order chi connectivity index (χ1) is 12.6. The second-order valence-corrected chi connectivity index (χ2v) is 7.56. The average molecular weight is 372 g/mol. The van der Waals surface area contributed by atoms with Crippen molar-refractivity contribution < 1.29 is 14.3 Å². The Morgan fingerprint density at radius 2 is 1.88 bits per heavy atom. The number of carbonyl (C=O) groups excluding carboxylic acids is 2. The van der Waals surface area contributed by atoms with Gasteiger partial charge in [-0.15, -0.1) is 11.3 Å². The lowest BCUT2D eigenvalue weighted by molar-refractivity contribution is 0.100. The molecule has 5 nitrogen and oxygen atoms in total. The van der Waals surface area contributed by atoms with Gasteiger partial charge in [-0.1, -0.05) is 13.3 Å². The summed E-state index contributed by atoms with van der Waals surface area (Å²) in [6, 6.07) is 7.01. The molecule has 0 atom stereocenters. The number of nitrogens with one attached hydrogen (secondary N) is 1. The van der Waals surface area contributed by atoms with Gasteiger partial charge in [-0.3, -0.25) is 9.59 Å². The van der Waals surface area contributed by atoms with Crippen LogP contribution in [0.5, 0.6) is 5.75 Å². The summed E-state index contributed by atoms with van der Waals surface area (Å²) in [4.78, 5) is 25.8. The van der Waals surface area contributed by atoms with Crippen LogP contribution in [0.2, 0.25) is 0 Å². The predicted molar refractivity (Wildman–Crippen MR) is 104 cm³/mol. The fourth-order valence-corrected chi connectivity index (χ4v) is 4.48. The summed E-state index contributed by atoms with van der Waals surface area (Å²) < 4.78 is 5.53. The second kappa shape index (κ2) is 8.36. The molecule has 0 aliphatic heterocycles. The molecule has 2 aromatic rings. The number of anilines is 1. The van der Waals surface area contributed by atoms with E-state index in [2.05, 4.69) is 5.32 Å². The van der Waals surface area contributed by atoms with Crippen molar-refractivity contribution in [1.29, 1.82) is 0 Å². The number of aryl methyl sites for hydroxylation is 1. The van der Waals surface area contributed by atoms with Crippen LogP contribution in [-0.2, 0) is 12.8 Å². The Bertz CT molecular complexity index is 796. The van der Waals surface area contributed by atoms with E-state index >= 15 is 0 Å². The highest BCUT2D eigenvalue weighted by Crippen LogP contribution is 2.37. The van der Waals surface area contributed by atoms with Gasteiger partial charge < -0.3 is 15.8 Å². The van der Waals surface area contributed by atoms with Gasteiger partial charge in [0, 0.05) is 10.4 Å². The number of ether oxygens (including phenoxy) is 1. The minimum atomic E-state index is -0.469. The summed E-state index contributed by atoms with van der Waals surface area (Å²) in [6.07, 6.45) is 6.05. The number of hydrogen-bond acceptors (Lipinski definition) is 4. The molecule has 1 aromatic carbocycles. The molecule has 0 bridgehead atoms. The number of fused-ring (bicyclic) bond motifs is 1. The van der Waals surface area contributed by atoms with Crippen molar-refractivity contribution in [1.82, 2.24) is 0 Å². The first-order valence-corrected chi connectivity index (χ1v) is 9.90. The van der Waals surface area contributed by atoms with Crippen LogP contribution in [0.25, 0.3) is 0 Å². The van der Waals surface area contributed by atoms with Crippen LogP contribution in [0, 0.1) is 0 Å². The predicted octanol–water partition coefficient (Wildman–Crippen LogP) is 4.16. The van der Waals surface area contributed by atoms with E-state index in [4.69, 9.17) is 10.5 Å². The minimum absolute atomic E-state index is 0.244. The highest BCUT2D eigenvalue weighted by atomic mass is 32.1. The molecule has 6 heteroatoms. The number of thiophene rings is 1. The molecule has 1 heterocycles. The van der Waals surface area contributed by atoms with Gasteiger partial charge in [-0.2, -0.15) is 0 Å². The Morgan fingerprint density at radius 1 is 1.15 bits per heavy atom. The lowest BCUT2D eigenvalue weighted by atomic mass is 10.1. The molecular weight excluding hydrogens is 348 g/mol. The molecule has 0 spiro atoms. The Hall–Kier alpha value is -2.34. The summed E-state index contributed by atoms with van der Waals surface area (Å²) in [5, 5.41) is 3.46. The third-order valence-electron chi connectivity index (χ3n) is 4.48. The molecule has 0 radical (unpaired) electrons. The van der Waals surface area contributed by atoms with E-state index in [1.165, 1.54) is 16.2 Å². The van der Waals surface area contributed by atoms with E-state index in [9.17, 15) is 9.59 Å². The zero-order valence-electron chi connectivity index (χ0n) is 15.0. The van der Waals surface area contributed by atoms with Gasteiger partial charge >= 0.3 is 0 Å². The maximum atomic E-state index is 12.6. The van der Waals surface area contributed by atoms with Crippen LogP contribution < -0.4 is 15.8 Å². The van der Waals surface area contributed by atoms with Crippen molar-refractivity contribution in [2.75, 3.05) is 11.9 Å². The van der Waals surface area contributed by atoms with E-state index in [0.717, 1.165) is 49.8 Å². The number of hydrogen-bond donors (Lipinski definition) is 2. The van der Waals surface area contributed by atoms with Gasteiger partial charge in [0.05, 0.1) is 12.2 Å². The summed E-state index contributed by atoms with van der Waals surface area (Å²) in [6.45, 7) is 2.69. The molecule has 1 aliphatic carbocycles. The van der Waals surface area contributed by atoms with E-state index in [1.807, 2.05) is 6.92 Å². The average Bonchev–Trinajstić information content (AvgIpc) is 2.81. The molecule has 26 heavy (non-hydrogen) atoms. The van der Waals surface area contributed by atoms with Gasteiger partial charge in [0.2, 0.25) is 0 Å². The number of rotatable bonds is 6. The van der Waals surface area contributed by atoms with E-state index in [1.54, 1.807) is 24.3 Å². The highest BCUT2D eigenvalue weighted by Gasteiger charge is 2.24. The quantitative estimate of drug-likeness (QED) is 0.747. The zero-order valence-corrected chi connectivity index (χ0v) is 15.8. The molecule has 138 valence electrons. The standard InChI is InChI=1S/C20H24N2O3S/c1-2-12-25-14-10-8-13(9-11-14)19(24)22-20-17(18(21)23)15-6-4-3-5-7-16(15)26-20/h8-11H,2-7,12H2,1H3,(H2,21,23)(H,22,24). The van der Waals surface area contributed by atoms with Gasteiger partial charge in [0.15, 0.2) is 0 Å². The molecule has 0 fully saturated rings. The number of primary amides is 1. The van der Waals surface area contributed by atoms with E-state index in [0.29, 0.717) is 22.7 Å². The van der Waals surface area contributed by atoms with Crippen molar-refractivity contribution in [3.05, 3.63) is 45.8 Å². The smallest absolute Gasteiger partial charge is 0.256 e. The molecule has 0 saturated carbocycles. The molecule has 3 rings (SSSR count). The van der Waals surface area contributed by atoms with Gasteiger partial charge in [0.25, 0.3) is 11.8 Å². The molecule has 1 aromatic heterocycles. The number of carbonyl (C=O) groups is 2. The summed E-state index contributed by atoms with van der Waals surface area (Å²) in [5.74, 6) is 0.0260. The lowest BCUT2D eigenvalue weighted by Crippen LogP contribution is -2.18. The fraction of sp³-hybridized carbons (Fsp3) is 0.400. The largest absolute Gasteiger partial charge is 0.494 e. The Kier molecular flexibility index (Phi) is 5.93. The number of nitrogens with two attached hydrogens (primary N) is 1. The van der Waals surface area contributed by atoms with Crippen molar-refractivity contribution in [2.24, 2.45) is 5.73 Å². The third-order valence-corrected chi connectivity index (χ3v) is 5.69. The molecule has 0 unspecified atom stereocenters. The molecule has 1 aliphatic rings. The molecule has 0 saturated heterocycles. The van der Waals surface area contributed by atoms with Gasteiger partial charge in [0.1, 0.15) is 10.8 Å². The Morgan fingerprint density at radius 3 is 2.58 bits per heavy atom. The summed E-state index contributed by atoms with van der Waals surface area (Å²) in [5.41, 5.74) is 7.65. The van der Waals surface area contributed by atoms with E-state index in [-0.39, 0.29) is 5.91 Å². The topological polar surface area (TPSA) is 81.4 Å². The van der Waals surface area contributed by atoms with Crippen LogP contribution in [0.3, 0.4) is 0 Å². The Balaban J connectivity index is 1.80. The zero-order chi connectivity index (χ0) is 18.5. The minimum Gasteiger partial charge on any atom is -0.494 e. The monoisotopic (exact) mass is 372 g/mol. The third kappa shape index (κ3) is 4.07. The fourth-order valence-electron chi connectivity index (χ4n) is 3.19. The Labute approximate surface area is 157 Å². The maximum Gasteiger partial charge on any atom is 0.256 e. The summed E-state index contributed by atoms with van der Waals surface area (Å²) >= 11 is 1.48. The van der Waals surface area contributed by atoms with Crippen molar-refractivity contribution in [2.45, 2.75) is 45.4 Å². The first kappa shape index (κ1) is 18.5. The van der Waals surface area contributed by atoms with Crippen LogP contribution in [0.15, 0.2) is 24.3 Å². The molecule has 3 N–H and O–H groups in total. The van der Waals surface area contributed by atoms with Crippen molar-refractivity contribution in [3.63, 3.8) is 0 Å². The normalized spacial score (nSPS) is 13.6. The summed E-state index contributed by atoms with van der Waals surface area (Å²) in [7, 11) is 0. The van der Waals surface area contributed by atoms with E-state index < -0.39 is 5.91 Å². The first-order valence-electron chi connectivity index (χ1n) is 9.08. The molecular formula is C20H24N2O3S. The van der Waals surface area contributed by atoms with Gasteiger partial charge in [-0.05, 0) is 61.9 Å².